The average molecular weight is 193 g/mol. The van der Waals surface area contributed by atoms with E-state index in [2.05, 4.69) is 11.7 Å². The minimum Gasteiger partial charge on any atom is -0.394 e. The van der Waals surface area contributed by atoms with Crippen molar-refractivity contribution < 1.29 is 0 Å². The fourth-order valence-electron chi connectivity index (χ4n) is 0.865. The van der Waals surface area contributed by atoms with Crippen molar-refractivity contribution in [2.75, 3.05) is 0 Å². The molecular weight excluding hydrogens is 182 g/mol. The van der Waals surface area contributed by atoms with Gasteiger partial charge in [-0.25, -0.2) is 0 Å². The summed E-state index contributed by atoms with van der Waals surface area (Å²) in [6, 6.07) is 9.60. The molecule has 0 saturated heterocycles. The van der Waals surface area contributed by atoms with Crippen molar-refractivity contribution in [3.05, 3.63) is 47.5 Å². The molecule has 1 rings (SSSR count). The van der Waals surface area contributed by atoms with Gasteiger partial charge in [0.25, 0.3) is 0 Å². The summed E-state index contributed by atoms with van der Waals surface area (Å²) in [6.07, 6.45) is 0. The SMILES string of the molecule is C=C(N)S/C(=N\N)c1ccccc1. The number of hydrogen-bond donors (Lipinski definition) is 2. The molecule has 0 radical (unpaired) electrons. The van der Waals surface area contributed by atoms with Crippen molar-refractivity contribution in [1.29, 1.82) is 0 Å². The van der Waals surface area contributed by atoms with Crippen molar-refractivity contribution in [2.45, 2.75) is 0 Å². The Labute approximate surface area is 81.5 Å². The van der Waals surface area contributed by atoms with Crippen molar-refractivity contribution in [2.24, 2.45) is 16.7 Å². The molecular formula is C9H11N3S. The van der Waals surface area contributed by atoms with Gasteiger partial charge >= 0.3 is 0 Å². The highest BCUT2D eigenvalue weighted by atomic mass is 32.2. The largest absolute Gasteiger partial charge is 0.394 e. The molecule has 0 aliphatic rings. The Hall–Kier alpha value is -1.42. The van der Waals surface area contributed by atoms with Crippen LogP contribution in [0.25, 0.3) is 0 Å². The Morgan fingerprint density at radius 2 is 1.92 bits per heavy atom. The highest BCUT2D eigenvalue weighted by Crippen LogP contribution is 2.16. The van der Waals surface area contributed by atoms with Gasteiger partial charge in [-0.05, 0) is 0 Å². The fourth-order valence-corrected chi connectivity index (χ4v) is 1.42. The van der Waals surface area contributed by atoms with Gasteiger partial charge in [0.05, 0.1) is 5.03 Å². The zero-order valence-electron chi connectivity index (χ0n) is 7.10. The number of benzene rings is 1. The van der Waals surface area contributed by atoms with E-state index >= 15 is 0 Å². The third kappa shape index (κ3) is 2.83. The maximum atomic E-state index is 5.44. The van der Waals surface area contributed by atoms with E-state index in [1.54, 1.807) is 0 Å². The minimum absolute atomic E-state index is 0.480. The lowest BCUT2D eigenvalue weighted by molar-refractivity contribution is 1.26. The average Bonchev–Trinajstić information content (AvgIpc) is 2.15. The molecule has 0 aliphatic heterocycles. The summed E-state index contributed by atoms with van der Waals surface area (Å²) in [5.74, 6) is 5.22. The Kier molecular flexibility index (Phi) is 3.40. The smallest absolute Gasteiger partial charge is 0.129 e. The zero-order chi connectivity index (χ0) is 9.68. The van der Waals surface area contributed by atoms with E-state index in [1.807, 2.05) is 30.3 Å². The summed E-state index contributed by atoms with van der Waals surface area (Å²) in [7, 11) is 0. The summed E-state index contributed by atoms with van der Waals surface area (Å²) >= 11 is 1.26. The van der Waals surface area contributed by atoms with Crippen molar-refractivity contribution in [3.63, 3.8) is 0 Å². The predicted molar refractivity (Wildman–Crippen MR) is 58.1 cm³/mol. The summed E-state index contributed by atoms with van der Waals surface area (Å²) in [6.45, 7) is 3.57. The van der Waals surface area contributed by atoms with E-state index in [1.165, 1.54) is 11.8 Å². The fraction of sp³-hybridized carbons (Fsp3) is 0. The Morgan fingerprint density at radius 3 is 2.38 bits per heavy atom. The van der Waals surface area contributed by atoms with E-state index in [0.29, 0.717) is 10.1 Å². The van der Waals surface area contributed by atoms with E-state index in [0.717, 1.165) is 5.56 Å². The standard InChI is InChI=1S/C9H11N3S/c1-7(10)13-9(12-11)8-5-3-2-4-6-8/h2-6H,1,10-11H2/b12-9-. The van der Waals surface area contributed by atoms with Crippen LogP contribution in [0.1, 0.15) is 5.56 Å². The normalized spacial score (nSPS) is 11.2. The molecule has 0 bridgehead atoms. The summed E-state index contributed by atoms with van der Waals surface area (Å²) < 4.78 is 0. The number of nitrogens with zero attached hydrogens (tertiary/aromatic N) is 1. The lowest BCUT2D eigenvalue weighted by Gasteiger charge is -2.02. The molecule has 3 nitrogen and oxygen atoms in total. The molecule has 0 amide bonds. The number of thioether (sulfide) groups is 1. The molecule has 0 fully saturated rings. The van der Waals surface area contributed by atoms with Gasteiger partial charge in [-0.1, -0.05) is 48.7 Å². The first kappa shape index (κ1) is 9.67. The van der Waals surface area contributed by atoms with Crippen LogP contribution in [-0.2, 0) is 0 Å². The minimum atomic E-state index is 0.480. The van der Waals surface area contributed by atoms with Crippen LogP contribution in [0.4, 0.5) is 0 Å². The summed E-state index contributed by atoms with van der Waals surface area (Å²) in [5, 5.41) is 4.79. The first-order chi connectivity index (χ1) is 6.24. The second-order valence-corrected chi connectivity index (χ2v) is 3.48. The van der Waals surface area contributed by atoms with Crippen LogP contribution in [0.3, 0.4) is 0 Å². The first-order valence-electron chi connectivity index (χ1n) is 3.69. The van der Waals surface area contributed by atoms with Gasteiger partial charge in [-0.15, -0.1) is 0 Å². The van der Waals surface area contributed by atoms with Gasteiger partial charge in [0.2, 0.25) is 0 Å². The van der Waals surface area contributed by atoms with Crippen LogP contribution in [0.5, 0.6) is 0 Å². The van der Waals surface area contributed by atoms with Gasteiger partial charge in [0.1, 0.15) is 5.04 Å². The van der Waals surface area contributed by atoms with Crippen molar-refractivity contribution in [1.82, 2.24) is 0 Å². The Bertz CT molecular complexity index is 319. The molecule has 4 heteroatoms. The molecule has 1 aromatic rings. The quantitative estimate of drug-likeness (QED) is 0.323. The van der Waals surface area contributed by atoms with Gasteiger partial charge < -0.3 is 11.6 Å². The molecule has 68 valence electrons. The van der Waals surface area contributed by atoms with Crippen LogP contribution >= 0.6 is 11.8 Å². The van der Waals surface area contributed by atoms with Crippen LogP contribution in [0.2, 0.25) is 0 Å². The molecule has 0 aromatic heterocycles. The molecule has 0 aliphatic carbocycles. The van der Waals surface area contributed by atoms with Gasteiger partial charge in [-0.3, -0.25) is 0 Å². The van der Waals surface area contributed by atoms with Crippen LogP contribution < -0.4 is 11.6 Å². The maximum Gasteiger partial charge on any atom is 0.129 e. The predicted octanol–water partition coefficient (Wildman–Crippen LogP) is 1.47. The molecule has 0 saturated carbocycles. The van der Waals surface area contributed by atoms with Gasteiger partial charge in [0, 0.05) is 5.56 Å². The summed E-state index contributed by atoms with van der Waals surface area (Å²) in [5.41, 5.74) is 6.38. The second-order valence-electron chi connectivity index (χ2n) is 2.37. The number of nitrogens with two attached hydrogens (primary N) is 2. The van der Waals surface area contributed by atoms with E-state index in [-0.39, 0.29) is 0 Å². The second kappa shape index (κ2) is 4.57. The summed E-state index contributed by atoms with van der Waals surface area (Å²) in [4.78, 5) is 0. The molecule has 13 heavy (non-hydrogen) atoms. The molecule has 0 atom stereocenters. The highest BCUT2D eigenvalue weighted by molar-refractivity contribution is 8.17. The highest BCUT2D eigenvalue weighted by Gasteiger charge is 2.03. The molecule has 0 spiro atoms. The Balaban J connectivity index is 2.86. The number of hydrazone groups is 1. The van der Waals surface area contributed by atoms with E-state index in [9.17, 15) is 0 Å². The Morgan fingerprint density at radius 1 is 1.31 bits per heavy atom. The first-order valence-corrected chi connectivity index (χ1v) is 4.51. The van der Waals surface area contributed by atoms with Crippen molar-refractivity contribution >= 4 is 16.8 Å². The van der Waals surface area contributed by atoms with Crippen LogP contribution in [-0.4, -0.2) is 5.04 Å². The monoisotopic (exact) mass is 193 g/mol. The molecule has 4 N–H and O–H groups in total. The third-order valence-corrected chi connectivity index (χ3v) is 2.16. The number of hydrogen-bond acceptors (Lipinski definition) is 4. The van der Waals surface area contributed by atoms with E-state index < -0.39 is 0 Å². The molecule has 1 aromatic carbocycles. The molecule has 0 unspecified atom stereocenters. The van der Waals surface area contributed by atoms with E-state index in [4.69, 9.17) is 11.6 Å². The van der Waals surface area contributed by atoms with Gasteiger partial charge in [-0.2, -0.15) is 5.10 Å². The van der Waals surface area contributed by atoms with Gasteiger partial charge in [0.15, 0.2) is 0 Å². The van der Waals surface area contributed by atoms with Crippen LogP contribution in [0, 0.1) is 0 Å². The van der Waals surface area contributed by atoms with Crippen molar-refractivity contribution in [3.8, 4) is 0 Å². The lowest BCUT2D eigenvalue weighted by atomic mass is 10.2. The number of rotatable bonds is 2. The van der Waals surface area contributed by atoms with Crippen LogP contribution in [0.15, 0.2) is 47.0 Å². The molecule has 0 heterocycles. The zero-order valence-corrected chi connectivity index (χ0v) is 7.92. The topological polar surface area (TPSA) is 64.4 Å². The third-order valence-electron chi connectivity index (χ3n) is 1.37. The lowest BCUT2D eigenvalue weighted by Crippen LogP contribution is -2.02. The maximum absolute atomic E-state index is 5.44.